The number of nitrogens with zero attached hydrogens (tertiary/aromatic N) is 3. The van der Waals surface area contributed by atoms with Gasteiger partial charge in [-0.1, -0.05) is 42.5 Å². The van der Waals surface area contributed by atoms with Gasteiger partial charge in [-0.3, -0.25) is 4.98 Å². The fraction of sp³-hybridized carbons (Fsp3) is 0. The Labute approximate surface area is 126 Å². The molecule has 0 unspecified atom stereocenters. The molecule has 2 aromatic heterocycles. The monoisotopic (exact) mass is 290 g/mol. The van der Waals surface area contributed by atoms with E-state index in [9.17, 15) is 5.26 Å². The van der Waals surface area contributed by atoms with Gasteiger partial charge < -0.3 is 4.98 Å². The molecule has 0 aliphatic heterocycles. The van der Waals surface area contributed by atoms with Crippen molar-refractivity contribution >= 4 is 12.2 Å². The number of nitrogens with one attached hydrogen (secondary N) is 1. The molecule has 0 aliphatic carbocycles. The Kier molecular flexibility index (Phi) is 3.54. The average Bonchev–Trinajstić information content (AvgIpc) is 2.55. The molecule has 3 aromatic rings. The lowest BCUT2D eigenvalue weighted by Crippen LogP contribution is -1.98. The van der Waals surface area contributed by atoms with Crippen molar-refractivity contribution in [3.8, 4) is 28.7 Å². The summed E-state index contributed by atoms with van der Waals surface area (Å²) in [7, 11) is 0. The van der Waals surface area contributed by atoms with Crippen LogP contribution in [0.1, 0.15) is 5.56 Å². The second kappa shape index (κ2) is 5.65. The zero-order valence-corrected chi connectivity index (χ0v) is 11.8. The maximum atomic E-state index is 9.33. The fourth-order valence-corrected chi connectivity index (χ4v) is 2.28. The molecule has 0 saturated heterocycles. The molecule has 0 radical (unpaired) electrons. The van der Waals surface area contributed by atoms with Crippen LogP contribution >= 0.6 is 12.2 Å². The number of hydrogen-bond acceptors (Lipinski definition) is 4. The molecule has 0 fully saturated rings. The second-order valence-corrected chi connectivity index (χ2v) is 4.75. The van der Waals surface area contributed by atoms with Crippen LogP contribution in [0.5, 0.6) is 0 Å². The van der Waals surface area contributed by atoms with E-state index in [-0.39, 0.29) is 4.64 Å². The molecule has 0 amide bonds. The number of H-pyrrole nitrogens is 1. The van der Waals surface area contributed by atoms with E-state index in [2.05, 4.69) is 21.0 Å². The minimum Gasteiger partial charge on any atom is -0.338 e. The minimum absolute atomic E-state index is 0.286. The van der Waals surface area contributed by atoms with Crippen molar-refractivity contribution in [1.29, 1.82) is 5.26 Å². The van der Waals surface area contributed by atoms with E-state index in [0.717, 1.165) is 11.1 Å². The predicted octanol–water partition coefficient (Wildman–Crippen LogP) is 3.74. The van der Waals surface area contributed by atoms with Gasteiger partial charge in [0.15, 0.2) is 0 Å². The third-order valence-electron chi connectivity index (χ3n) is 3.03. The number of aromatic amines is 1. The van der Waals surface area contributed by atoms with Gasteiger partial charge in [-0.2, -0.15) is 5.26 Å². The number of hydrogen-bond donors (Lipinski definition) is 1. The van der Waals surface area contributed by atoms with Gasteiger partial charge in [-0.05, 0) is 17.7 Å². The largest absolute Gasteiger partial charge is 0.338 e. The van der Waals surface area contributed by atoms with Gasteiger partial charge in [-0.15, -0.1) is 0 Å². The molecule has 0 saturated carbocycles. The molecule has 5 heteroatoms. The average molecular weight is 290 g/mol. The zero-order valence-electron chi connectivity index (χ0n) is 10.9. The summed E-state index contributed by atoms with van der Waals surface area (Å²) in [5, 5.41) is 9.33. The minimum atomic E-state index is 0.286. The number of pyridine rings is 1. The summed E-state index contributed by atoms with van der Waals surface area (Å²) in [6, 6.07) is 15.4. The highest BCUT2D eigenvalue weighted by Gasteiger charge is 2.11. The van der Waals surface area contributed by atoms with Gasteiger partial charge in [-0.25, -0.2) is 4.98 Å². The quantitative estimate of drug-likeness (QED) is 0.730. The molecule has 0 spiro atoms. The second-order valence-electron chi connectivity index (χ2n) is 4.36. The lowest BCUT2D eigenvalue weighted by molar-refractivity contribution is 1.14. The first-order valence-corrected chi connectivity index (χ1v) is 6.70. The smallest absolute Gasteiger partial charge is 0.148 e. The SMILES string of the molecule is N#Cc1c(-c2ccccc2)[nH]c(-c2cccnc2)nc1=S. The van der Waals surface area contributed by atoms with Crippen LogP contribution in [0.25, 0.3) is 22.6 Å². The standard InChI is InChI=1S/C16H10N4S/c17-9-13-14(11-5-2-1-3-6-11)19-15(20-16(13)21)12-7-4-8-18-10-12/h1-8,10H,(H,19,20,21). The van der Waals surface area contributed by atoms with Crippen LogP contribution in [-0.2, 0) is 0 Å². The highest BCUT2D eigenvalue weighted by Crippen LogP contribution is 2.24. The molecule has 1 N–H and O–H groups in total. The van der Waals surface area contributed by atoms with Gasteiger partial charge in [0.1, 0.15) is 22.1 Å². The molecule has 3 rings (SSSR count). The first-order chi connectivity index (χ1) is 10.3. The van der Waals surface area contributed by atoms with Crippen molar-refractivity contribution in [2.45, 2.75) is 0 Å². The van der Waals surface area contributed by atoms with Crippen molar-refractivity contribution in [1.82, 2.24) is 15.0 Å². The van der Waals surface area contributed by atoms with Crippen LogP contribution in [0.4, 0.5) is 0 Å². The number of aromatic nitrogens is 3. The molecular formula is C16H10N4S. The molecule has 0 aliphatic rings. The first-order valence-electron chi connectivity index (χ1n) is 6.30. The third-order valence-corrected chi connectivity index (χ3v) is 3.33. The number of benzene rings is 1. The first kappa shape index (κ1) is 13.2. The van der Waals surface area contributed by atoms with E-state index in [0.29, 0.717) is 17.1 Å². The number of nitriles is 1. The van der Waals surface area contributed by atoms with Gasteiger partial charge in [0.2, 0.25) is 0 Å². The Morgan fingerprint density at radius 1 is 1.05 bits per heavy atom. The Balaban J connectivity index is 2.27. The lowest BCUT2D eigenvalue weighted by atomic mass is 10.1. The van der Waals surface area contributed by atoms with E-state index < -0.39 is 0 Å². The molecule has 1 aromatic carbocycles. The molecule has 2 heterocycles. The topological polar surface area (TPSA) is 65.4 Å². The Bertz CT molecular complexity index is 864. The number of rotatable bonds is 2. The summed E-state index contributed by atoms with van der Waals surface area (Å²) in [5.74, 6) is 0.603. The van der Waals surface area contributed by atoms with E-state index in [1.807, 2.05) is 42.5 Å². The van der Waals surface area contributed by atoms with Crippen LogP contribution in [-0.4, -0.2) is 15.0 Å². The van der Waals surface area contributed by atoms with Crippen LogP contribution in [0, 0.1) is 16.0 Å². The summed E-state index contributed by atoms with van der Waals surface area (Å²) in [6.07, 6.45) is 3.40. The molecular weight excluding hydrogens is 280 g/mol. The molecule has 0 atom stereocenters. The van der Waals surface area contributed by atoms with Gasteiger partial charge >= 0.3 is 0 Å². The van der Waals surface area contributed by atoms with Gasteiger partial charge in [0.25, 0.3) is 0 Å². The van der Waals surface area contributed by atoms with Crippen molar-refractivity contribution in [3.63, 3.8) is 0 Å². The Hall–Kier alpha value is -2.84. The summed E-state index contributed by atoms with van der Waals surface area (Å²) in [5.41, 5.74) is 2.78. The fourth-order valence-electron chi connectivity index (χ4n) is 2.04. The van der Waals surface area contributed by atoms with Gasteiger partial charge in [0, 0.05) is 18.0 Å². The Morgan fingerprint density at radius 2 is 1.81 bits per heavy atom. The molecule has 21 heavy (non-hydrogen) atoms. The maximum absolute atomic E-state index is 9.33. The molecule has 100 valence electrons. The molecule has 0 bridgehead atoms. The van der Waals surface area contributed by atoms with Crippen molar-refractivity contribution in [2.24, 2.45) is 0 Å². The lowest BCUT2D eigenvalue weighted by Gasteiger charge is -2.08. The maximum Gasteiger partial charge on any atom is 0.148 e. The van der Waals surface area contributed by atoms with E-state index in [1.165, 1.54) is 0 Å². The van der Waals surface area contributed by atoms with Crippen LogP contribution < -0.4 is 0 Å². The van der Waals surface area contributed by atoms with Crippen LogP contribution in [0.15, 0.2) is 54.9 Å². The van der Waals surface area contributed by atoms with Crippen molar-refractivity contribution in [2.75, 3.05) is 0 Å². The van der Waals surface area contributed by atoms with E-state index >= 15 is 0 Å². The summed E-state index contributed by atoms with van der Waals surface area (Å²) < 4.78 is 0.286. The van der Waals surface area contributed by atoms with Crippen molar-refractivity contribution in [3.05, 3.63) is 65.1 Å². The summed E-state index contributed by atoms with van der Waals surface area (Å²) in [6.45, 7) is 0. The summed E-state index contributed by atoms with van der Waals surface area (Å²) >= 11 is 5.25. The highest BCUT2D eigenvalue weighted by molar-refractivity contribution is 7.71. The predicted molar refractivity (Wildman–Crippen MR) is 82.8 cm³/mol. The summed E-state index contributed by atoms with van der Waals surface area (Å²) in [4.78, 5) is 11.6. The van der Waals surface area contributed by atoms with E-state index in [1.54, 1.807) is 12.4 Å². The Morgan fingerprint density at radius 3 is 2.48 bits per heavy atom. The van der Waals surface area contributed by atoms with Crippen molar-refractivity contribution < 1.29 is 0 Å². The molecule has 4 nitrogen and oxygen atoms in total. The van der Waals surface area contributed by atoms with Gasteiger partial charge in [0.05, 0.1) is 5.69 Å². The van der Waals surface area contributed by atoms with Crippen LogP contribution in [0.3, 0.4) is 0 Å². The van der Waals surface area contributed by atoms with E-state index in [4.69, 9.17) is 12.2 Å². The normalized spacial score (nSPS) is 10.0. The highest BCUT2D eigenvalue weighted by atomic mass is 32.1. The zero-order chi connectivity index (χ0) is 14.7. The third kappa shape index (κ3) is 2.57. The van der Waals surface area contributed by atoms with Crippen LogP contribution in [0.2, 0.25) is 0 Å².